The molecule has 16 heavy (non-hydrogen) atoms. The van der Waals surface area contributed by atoms with Crippen LogP contribution < -0.4 is 11.1 Å². The summed E-state index contributed by atoms with van der Waals surface area (Å²) in [6, 6.07) is 16.3. The zero-order valence-corrected chi connectivity index (χ0v) is 9.40. The predicted molar refractivity (Wildman–Crippen MR) is 69.4 cm³/mol. The van der Waals surface area contributed by atoms with Crippen LogP contribution in [0.4, 0.5) is 11.4 Å². The lowest BCUT2D eigenvalue weighted by molar-refractivity contribution is 1.14. The van der Waals surface area contributed by atoms with Crippen LogP contribution in [0.1, 0.15) is 11.1 Å². The zero-order chi connectivity index (χ0) is 11.4. The minimum atomic E-state index is 0.792. The molecule has 2 aromatic carbocycles. The van der Waals surface area contributed by atoms with Gasteiger partial charge in [-0.1, -0.05) is 29.8 Å². The van der Waals surface area contributed by atoms with Gasteiger partial charge >= 0.3 is 0 Å². The summed E-state index contributed by atoms with van der Waals surface area (Å²) in [5.74, 6) is 0. The number of nitrogens with two attached hydrogens (primary N) is 1. The predicted octanol–water partition coefficient (Wildman–Crippen LogP) is 3.19. The van der Waals surface area contributed by atoms with Crippen LogP contribution in [-0.4, -0.2) is 0 Å². The van der Waals surface area contributed by atoms with Crippen LogP contribution in [-0.2, 0) is 6.54 Å². The largest absolute Gasteiger partial charge is 0.399 e. The van der Waals surface area contributed by atoms with Crippen molar-refractivity contribution in [2.24, 2.45) is 0 Å². The fourth-order valence-electron chi connectivity index (χ4n) is 1.51. The van der Waals surface area contributed by atoms with E-state index in [0.717, 1.165) is 17.9 Å². The first-order valence-electron chi connectivity index (χ1n) is 5.39. The van der Waals surface area contributed by atoms with Crippen molar-refractivity contribution in [2.45, 2.75) is 13.5 Å². The van der Waals surface area contributed by atoms with E-state index in [2.05, 4.69) is 36.5 Å². The highest BCUT2D eigenvalue weighted by atomic mass is 14.9. The summed E-state index contributed by atoms with van der Waals surface area (Å²) in [6.45, 7) is 2.93. The van der Waals surface area contributed by atoms with Gasteiger partial charge in [0.2, 0.25) is 0 Å². The average Bonchev–Trinajstić information content (AvgIpc) is 2.30. The maximum Gasteiger partial charge on any atom is 0.0400 e. The first-order chi connectivity index (χ1) is 7.74. The van der Waals surface area contributed by atoms with E-state index in [0.29, 0.717) is 0 Å². The van der Waals surface area contributed by atoms with Crippen molar-refractivity contribution in [1.82, 2.24) is 0 Å². The molecule has 2 aromatic rings. The third kappa shape index (κ3) is 2.76. The molecule has 0 aliphatic carbocycles. The van der Waals surface area contributed by atoms with E-state index in [1.807, 2.05) is 24.3 Å². The third-order valence-electron chi connectivity index (χ3n) is 2.53. The van der Waals surface area contributed by atoms with Crippen molar-refractivity contribution in [1.29, 1.82) is 0 Å². The van der Waals surface area contributed by atoms with Crippen LogP contribution in [0, 0.1) is 6.92 Å². The van der Waals surface area contributed by atoms with Gasteiger partial charge in [-0.3, -0.25) is 0 Å². The number of anilines is 2. The van der Waals surface area contributed by atoms with Crippen LogP contribution >= 0.6 is 0 Å². The second-order valence-corrected chi connectivity index (χ2v) is 3.96. The summed E-state index contributed by atoms with van der Waals surface area (Å²) in [7, 11) is 0. The van der Waals surface area contributed by atoms with Crippen molar-refractivity contribution in [3.05, 3.63) is 59.7 Å². The molecule has 3 N–H and O–H groups in total. The first-order valence-corrected chi connectivity index (χ1v) is 5.39. The molecule has 0 bridgehead atoms. The monoisotopic (exact) mass is 212 g/mol. The lowest BCUT2D eigenvalue weighted by Gasteiger charge is -2.07. The van der Waals surface area contributed by atoms with Crippen LogP contribution in [0.15, 0.2) is 48.5 Å². The smallest absolute Gasteiger partial charge is 0.0400 e. The van der Waals surface area contributed by atoms with Gasteiger partial charge in [0.25, 0.3) is 0 Å². The molecular formula is C14H16N2. The number of nitrogen functional groups attached to an aromatic ring is 1. The summed E-state index contributed by atoms with van der Waals surface area (Å²) in [6.07, 6.45) is 0. The van der Waals surface area contributed by atoms with Gasteiger partial charge in [0.15, 0.2) is 0 Å². The molecular weight excluding hydrogens is 196 g/mol. The minimum absolute atomic E-state index is 0.792. The van der Waals surface area contributed by atoms with Crippen molar-refractivity contribution in [2.75, 3.05) is 11.1 Å². The van der Waals surface area contributed by atoms with Gasteiger partial charge in [0.05, 0.1) is 0 Å². The molecule has 2 heteroatoms. The maximum absolute atomic E-state index is 5.62. The molecule has 0 aliphatic rings. The SMILES string of the molecule is Cc1ccc(CNc2ccc(N)cc2)cc1. The molecule has 0 amide bonds. The number of benzene rings is 2. The van der Waals surface area contributed by atoms with E-state index in [1.165, 1.54) is 11.1 Å². The van der Waals surface area contributed by atoms with Gasteiger partial charge in [-0.25, -0.2) is 0 Å². The van der Waals surface area contributed by atoms with Gasteiger partial charge in [-0.2, -0.15) is 0 Å². The third-order valence-corrected chi connectivity index (χ3v) is 2.53. The maximum atomic E-state index is 5.62. The Kier molecular flexibility index (Phi) is 3.10. The Labute approximate surface area is 96.1 Å². The van der Waals surface area contributed by atoms with Crippen LogP contribution in [0.25, 0.3) is 0 Å². The normalized spacial score (nSPS) is 10.1. The molecule has 0 aliphatic heterocycles. The topological polar surface area (TPSA) is 38.0 Å². The molecule has 0 saturated carbocycles. The Hall–Kier alpha value is -1.96. The number of hydrogen-bond donors (Lipinski definition) is 2. The highest BCUT2D eigenvalue weighted by molar-refractivity contribution is 5.51. The fourth-order valence-corrected chi connectivity index (χ4v) is 1.51. The van der Waals surface area contributed by atoms with E-state index in [1.54, 1.807) is 0 Å². The van der Waals surface area contributed by atoms with Crippen molar-refractivity contribution in [3.8, 4) is 0 Å². The van der Waals surface area contributed by atoms with Gasteiger partial charge < -0.3 is 11.1 Å². The summed E-state index contributed by atoms with van der Waals surface area (Å²) in [5, 5.41) is 3.35. The van der Waals surface area contributed by atoms with E-state index >= 15 is 0 Å². The molecule has 82 valence electrons. The fraction of sp³-hybridized carbons (Fsp3) is 0.143. The van der Waals surface area contributed by atoms with Crippen LogP contribution in [0.5, 0.6) is 0 Å². The van der Waals surface area contributed by atoms with E-state index in [4.69, 9.17) is 5.73 Å². The van der Waals surface area contributed by atoms with Gasteiger partial charge in [0, 0.05) is 17.9 Å². The molecule has 0 aromatic heterocycles. The van der Waals surface area contributed by atoms with Crippen molar-refractivity contribution in [3.63, 3.8) is 0 Å². The van der Waals surface area contributed by atoms with E-state index in [9.17, 15) is 0 Å². The Bertz CT molecular complexity index is 398. The highest BCUT2D eigenvalue weighted by Gasteiger charge is 1.93. The molecule has 0 fully saturated rings. The standard InChI is InChI=1S/C14H16N2/c1-11-2-4-12(5-3-11)10-16-14-8-6-13(15)7-9-14/h2-9,16H,10,15H2,1H3. The van der Waals surface area contributed by atoms with E-state index < -0.39 is 0 Å². The molecule has 0 saturated heterocycles. The highest BCUT2D eigenvalue weighted by Crippen LogP contribution is 2.12. The summed E-state index contributed by atoms with van der Waals surface area (Å²) in [4.78, 5) is 0. The Balaban J connectivity index is 1.97. The molecule has 0 radical (unpaired) electrons. The average molecular weight is 212 g/mol. The number of nitrogens with one attached hydrogen (secondary N) is 1. The molecule has 0 atom stereocenters. The van der Waals surface area contributed by atoms with Crippen molar-refractivity contribution < 1.29 is 0 Å². The number of hydrogen-bond acceptors (Lipinski definition) is 2. The second-order valence-electron chi connectivity index (χ2n) is 3.96. The summed E-state index contributed by atoms with van der Waals surface area (Å²) >= 11 is 0. The zero-order valence-electron chi connectivity index (χ0n) is 9.40. The molecule has 0 heterocycles. The Morgan fingerprint density at radius 3 is 2.19 bits per heavy atom. The van der Waals surface area contributed by atoms with Gasteiger partial charge in [-0.15, -0.1) is 0 Å². The van der Waals surface area contributed by atoms with Crippen LogP contribution in [0.2, 0.25) is 0 Å². The molecule has 2 rings (SSSR count). The van der Waals surface area contributed by atoms with E-state index in [-0.39, 0.29) is 0 Å². The molecule has 0 spiro atoms. The van der Waals surface area contributed by atoms with Gasteiger partial charge in [-0.05, 0) is 36.8 Å². The van der Waals surface area contributed by atoms with Gasteiger partial charge in [0.1, 0.15) is 0 Å². The van der Waals surface area contributed by atoms with Crippen LogP contribution in [0.3, 0.4) is 0 Å². The number of aryl methyl sites for hydroxylation is 1. The first kappa shape index (κ1) is 10.6. The lowest BCUT2D eigenvalue weighted by atomic mass is 10.1. The second kappa shape index (κ2) is 4.71. The number of rotatable bonds is 3. The minimum Gasteiger partial charge on any atom is -0.399 e. The summed E-state index contributed by atoms with van der Waals surface area (Å²) in [5.41, 5.74) is 10.1. The quantitative estimate of drug-likeness (QED) is 0.767. The molecule has 0 unspecified atom stereocenters. The van der Waals surface area contributed by atoms with Crippen molar-refractivity contribution >= 4 is 11.4 Å². The summed E-state index contributed by atoms with van der Waals surface area (Å²) < 4.78 is 0. The molecule has 2 nitrogen and oxygen atoms in total. The lowest BCUT2D eigenvalue weighted by Crippen LogP contribution is -1.99. The Morgan fingerprint density at radius 1 is 0.938 bits per heavy atom. The Morgan fingerprint density at radius 2 is 1.56 bits per heavy atom.